The van der Waals surface area contributed by atoms with Gasteiger partial charge in [0.2, 0.25) is 0 Å². The van der Waals surface area contributed by atoms with Crippen LogP contribution in [0.2, 0.25) is 0 Å². The highest BCUT2D eigenvalue weighted by Gasteiger charge is 2.20. The summed E-state index contributed by atoms with van der Waals surface area (Å²) in [4.78, 5) is 25.3. The SMILES string of the molecule is CNC(=O)c1ccccc1-n1c(C)cc(C(=O)Nc2ccc(S(C)(=O)=O)cc2)c1C. The number of hydrogen-bond acceptors (Lipinski definition) is 4. The molecule has 0 spiro atoms. The van der Waals surface area contributed by atoms with Gasteiger partial charge < -0.3 is 15.2 Å². The van der Waals surface area contributed by atoms with Gasteiger partial charge in [-0.25, -0.2) is 8.42 Å². The molecule has 0 aliphatic heterocycles. The average molecular weight is 426 g/mol. The van der Waals surface area contributed by atoms with E-state index in [1.54, 1.807) is 37.4 Å². The van der Waals surface area contributed by atoms with Crippen LogP contribution in [-0.2, 0) is 9.84 Å². The number of aryl methyl sites for hydroxylation is 1. The Morgan fingerprint density at radius 3 is 2.13 bits per heavy atom. The van der Waals surface area contributed by atoms with Gasteiger partial charge in [-0.1, -0.05) is 12.1 Å². The van der Waals surface area contributed by atoms with Crippen LogP contribution >= 0.6 is 0 Å². The van der Waals surface area contributed by atoms with Crippen LogP contribution in [0.4, 0.5) is 5.69 Å². The summed E-state index contributed by atoms with van der Waals surface area (Å²) < 4.78 is 25.0. The summed E-state index contributed by atoms with van der Waals surface area (Å²) in [6.45, 7) is 3.68. The normalized spacial score (nSPS) is 11.2. The van der Waals surface area contributed by atoms with Gasteiger partial charge in [-0.15, -0.1) is 0 Å². The largest absolute Gasteiger partial charge is 0.355 e. The molecule has 7 nitrogen and oxygen atoms in total. The third-order valence-corrected chi connectivity index (χ3v) is 5.96. The maximum atomic E-state index is 12.9. The summed E-state index contributed by atoms with van der Waals surface area (Å²) in [5.41, 5.74) is 3.64. The van der Waals surface area contributed by atoms with E-state index in [1.165, 1.54) is 12.1 Å². The smallest absolute Gasteiger partial charge is 0.257 e. The van der Waals surface area contributed by atoms with E-state index in [1.807, 2.05) is 30.5 Å². The zero-order valence-corrected chi connectivity index (χ0v) is 18.0. The molecule has 3 rings (SSSR count). The summed E-state index contributed by atoms with van der Waals surface area (Å²) >= 11 is 0. The minimum absolute atomic E-state index is 0.185. The van der Waals surface area contributed by atoms with Crippen LogP contribution in [0.1, 0.15) is 32.1 Å². The van der Waals surface area contributed by atoms with Crippen molar-refractivity contribution in [3.05, 3.63) is 77.1 Å². The van der Waals surface area contributed by atoms with Crippen LogP contribution in [0.15, 0.2) is 59.5 Å². The lowest BCUT2D eigenvalue weighted by Crippen LogP contribution is -2.20. The van der Waals surface area contributed by atoms with Gasteiger partial charge in [0.15, 0.2) is 9.84 Å². The van der Waals surface area contributed by atoms with E-state index in [0.29, 0.717) is 28.2 Å². The first-order valence-electron chi connectivity index (χ1n) is 9.25. The minimum atomic E-state index is -3.30. The van der Waals surface area contributed by atoms with Crippen LogP contribution in [0.25, 0.3) is 5.69 Å². The molecule has 30 heavy (non-hydrogen) atoms. The molecule has 0 saturated heterocycles. The first kappa shape index (κ1) is 21.3. The maximum absolute atomic E-state index is 12.9. The van der Waals surface area contributed by atoms with Gasteiger partial charge in [0, 0.05) is 30.4 Å². The van der Waals surface area contributed by atoms with E-state index < -0.39 is 9.84 Å². The van der Waals surface area contributed by atoms with E-state index >= 15 is 0 Å². The van der Waals surface area contributed by atoms with Gasteiger partial charge in [-0.2, -0.15) is 0 Å². The molecule has 0 atom stereocenters. The molecule has 2 amide bonds. The van der Waals surface area contributed by atoms with Crippen molar-refractivity contribution in [2.45, 2.75) is 18.7 Å². The second-order valence-corrected chi connectivity index (χ2v) is 8.98. The van der Waals surface area contributed by atoms with Gasteiger partial charge in [0.05, 0.1) is 21.7 Å². The van der Waals surface area contributed by atoms with Crippen LogP contribution in [0.3, 0.4) is 0 Å². The Morgan fingerprint density at radius 1 is 0.900 bits per heavy atom. The summed E-state index contributed by atoms with van der Waals surface area (Å²) in [5.74, 6) is -0.533. The number of aromatic nitrogens is 1. The number of nitrogens with one attached hydrogen (secondary N) is 2. The highest BCUT2D eigenvalue weighted by Crippen LogP contribution is 2.25. The van der Waals surface area contributed by atoms with Crippen molar-refractivity contribution in [1.82, 2.24) is 9.88 Å². The first-order chi connectivity index (χ1) is 14.1. The van der Waals surface area contributed by atoms with Crippen molar-refractivity contribution in [3.63, 3.8) is 0 Å². The van der Waals surface area contributed by atoms with E-state index in [9.17, 15) is 18.0 Å². The molecular weight excluding hydrogens is 402 g/mol. The zero-order valence-electron chi connectivity index (χ0n) is 17.2. The fourth-order valence-electron chi connectivity index (χ4n) is 3.34. The molecule has 0 fully saturated rings. The Labute approximate surface area is 175 Å². The van der Waals surface area contributed by atoms with Gasteiger partial charge >= 0.3 is 0 Å². The number of carbonyl (C=O) groups excluding carboxylic acids is 2. The van der Waals surface area contributed by atoms with Crippen molar-refractivity contribution in [2.75, 3.05) is 18.6 Å². The molecule has 0 bridgehead atoms. The Balaban J connectivity index is 1.95. The van der Waals surface area contributed by atoms with Gasteiger partial charge in [-0.3, -0.25) is 9.59 Å². The number of anilines is 1. The number of rotatable bonds is 5. The molecule has 1 aromatic heterocycles. The quantitative estimate of drug-likeness (QED) is 0.656. The molecule has 2 aromatic carbocycles. The molecule has 0 unspecified atom stereocenters. The van der Waals surface area contributed by atoms with Gasteiger partial charge in [-0.05, 0) is 56.3 Å². The molecule has 2 N–H and O–H groups in total. The van der Waals surface area contributed by atoms with Crippen LogP contribution in [-0.4, -0.2) is 38.1 Å². The summed E-state index contributed by atoms with van der Waals surface area (Å²) in [6, 6.07) is 15.0. The molecule has 8 heteroatoms. The highest BCUT2D eigenvalue weighted by molar-refractivity contribution is 7.90. The molecular formula is C22H23N3O4S. The van der Waals surface area contributed by atoms with E-state index in [4.69, 9.17) is 0 Å². The van der Waals surface area contributed by atoms with Gasteiger partial charge in [0.1, 0.15) is 0 Å². The highest BCUT2D eigenvalue weighted by atomic mass is 32.2. The molecule has 3 aromatic rings. The third kappa shape index (κ3) is 4.13. The number of para-hydroxylation sites is 1. The minimum Gasteiger partial charge on any atom is -0.355 e. The topological polar surface area (TPSA) is 97.3 Å². The number of benzene rings is 2. The Hall–Kier alpha value is -3.39. The number of hydrogen-bond donors (Lipinski definition) is 2. The summed E-state index contributed by atoms with van der Waals surface area (Å²) in [7, 11) is -1.73. The van der Waals surface area contributed by atoms with E-state index in [0.717, 1.165) is 11.9 Å². The number of carbonyl (C=O) groups is 2. The first-order valence-corrected chi connectivity index (χ1v) is 11.1. The van der Waals surface area contributed by atoms with E-state index in [-0.39, 0.29) is 16.7 Å². The second kappa shape index (κ2) is 8.16. The molecule has 0 radical (unpaired) electrons. The van der Waals surface area contributed by atoms with Crippen molar-refractivity contribution < 1.29 is 18.0 Å². The number of nitrogens with zero attached hydrogens (tertiary/aromatic N) is 1. The maximum Gasteiger partial charge on any atom is 0.257 e. The predicted octanol–water partition coefficient (Wildman–Crippen LogP) is 3.11. The molecule has 0 aliphatic rings. The van der Waals surface area contributed by atoms with E-state index in [2.05, 4.69) is 10.6 Å². The van der Waals surface area contributed by atoms with Crippen LogP contribution in [0.5, 0.6) is 0 Å². The average Bonchev–Trinajstić information content (AvgIpc) is 3.01. The Morgan fingerprint density at radius 2 is 1.53 bits per heavy atom. The van der Waals surface area contributed by atoms with Crippen molar-refractivity contribution in [2.24, 2.45) is 0 Å². The van der Waals surface area contributed by atoms with Crippen molar-refractivity contribution in [1.29, 1.82) is 0 Å². The molecule has 156 valence electrons. The molecule has 1 heterocycles. The lowest BCUT2D eigenvalue weighted by Gasteiger charge is -2.14. The second-order valence-electron chi connectivity index (χ2n) is 6.97. The summed E-state index contributed by atoms with van der Waals surface area (Å²) in [5, 5.41) is 5.43. The fraction of sp³-hybridized carbons (Fsp3) is 0.182. The monoisotopic (exact) mass is 425 g/mol. The Bertz CT molecular complexity index is 1230. The van der Waals surface area contributed by atoms with Crippen LogP contribution < -0.4 is 10.6 Å². The molecule has 0 saturated carbocycles. The van der Waals surface area contributed by atoms with Gasteiger partial charge in [0.25, 0.3) is 11.8 Å². The third-order valence-electron chi connectivity index (χ3n) is 4.83. The lowest BCUT2D eigenvalue weighted by molar-refractivity contribution is 0.0962. The number of amides is 2. The van der Waals surface area contributed by atoms with Crippen molar-refractivity contribution in [3.8, 4) is 5.69 Å². The lowest BCUT2D eigenvalue weighted by atomic mass is 10.1. The molecule has 0 aliphatic carbocycles. The predicted molar refractivity (Wildman–Crippen MR) is 116 cm³/mol. The van der Waals surface area contributed by atoms with Crippen LogP contribution in [0, 0.1) is 13.8 Å². The Kier molecular flexibility index (Phi) is 5.80. The summed E-state index contributed by atoms with van der Waals surface area (Å²) in [6.07, 6.45) is 1.13. The fourth-order valence-corrected chi connectivity index (χ4v) is 3.97. The zero-order chi connectivity index (χ0) is 22.1. The number of sulfone groups is 1. The standard InChI is InChI=1S/C22H23N3O4S/c1-14-13-19(22(27)24-16-9-11-17(12-10-16)30(4,28)29)15(2)25(14)20-8-6-5-7-18(20)21(26)23-3/h5-13H,1-4H3,(H,23,26)(H,24,27). The van der Waals surface area contributed by atoms with Crippen molar-refractivity contribution >= 4 is 27.3 Å².